The Morgan fingerprint density at radius 3 is 2.33 bits per heavy atom. The summed E-state index contributed by atoms with van der Waals surface area (Å²) in [5.41, 5.74) is 4.83. The molecule has 2 aromatic rings. The van der Waals surface area contributed by atoms with Crippen LogP contribution in [0.5, 0.6) is 0 Å². The molecule has 0 aliphatic rings. The SMILES string of the molecule is Cc1cccc(C)c1-c1cccc(NCCCN(C)C)n1. The summed E-state index contributed by atoms with van der Waals surface area (Å²) in [6.07, 6.45) is 1.11. The van der Waals surface area contributed by atoms with Gasteiger partial charge in [0.2, 0.25) is 0 Å². The first-order chi connectivity index (χ1) is 10.1. The molecule has 0 saturated carbocycles. The van der Waals surface area contributed by atoms with Crippen molar-refractivity contribution in [1.29, 1.82) is 0 Å². The van der Waals surface area contributed by atoms with Crippen LogP contribution in [0.3, 0.4) is 0 Å². The monoisotopic (exact) mass is 283 g/mol. The number of aromatic nitrogens is 1. The van der Waals surface area contributed by atoms with Crippen LogP contribution >= 0.6 is 0 Å². The van der Waals surface area contributed by atoms with Crippen molar-refractivity contribution >= 4 is 5.82 Å². The van der Waals surface area contributed by atoms with E-state index >= 15 is 0 Å². The molecule has 0 spiro atoms. The van der Waals surface area contributed by atoms with E-state index in [1.165, 1.54) is 16.7 Å². The lowest BCUT2D eigenvalue weighted by Gasteiger charge is -2.12. The van der Waals surface area contributed by atoms with Gasteiger partial charge in [0.1, 0.15) is 5.82 Å². The Bertz CT molecular complexity index is 571. The lowest BCUT2D eigenvalue weighted by molar-refractivity contribution is 0.405. The van der Waals surface area contributed by atoms with Crippen LogP contribution in [0.1, 0.15) is 17.5 Å². The van der Waals surface area contributed by atoms with Gasteiger partial charge in [-0.1, -0.05) is 24.3 Å². The van der Waals surface area contributed by atoms with E-state index in [4.69, 9.17) is 4.98 Å². The largest absolute Gasteiger partial charge is 0.370 e. The molecule has 2 rings (SSSR count). The third-order valence-corrected chi connectivity index (χ3v) is 3.57. The molecule has 21 heavy (non-hydrogen) atoms. The molecule has 0 aliphatic heterocycles. The zero-order valence-electron chi connectivity index (χ0n) is 13.5. The highest BCUT2D eigenvalue weighted by atomic mass is 15.1. The predicted octanol–water partition coefficient (Wildman–Crippen LogP) is 3.73. The number of hydrogen-bond acceptors (Lipinski definition) is 3. The molecular formula is C18H25N3. The van der Waals surface area contributed by atoms with Crippen LogP contribution in [0.4, 0.5) is 5.82 Å². The summed E-state index contributed by atoms with van der Waals surface area (Å²) < 4.78 is 0. The Balaban J connectivity index is 2.11. The minimum Gasteiger partial charge on any atom is -0.370 e. The van der Waals surface area contributed by atoms with Crippen molar-refractivity contribution in [1.82, 2.24) is 9.88 Å². The quantitative estimate of drug-likeness (QED) is 0.819. The van der Waals surface area contributed by atoms with Gasteiger partial charge in [0.15, 0.2) is 0 Å². The topological polar surface area (TPSA) is 28.2 Å². The molecule has 1 N–H and O–H groups in total. The van der Waals surface area contributed by atoms with E-state index in [2.05, 4.69) is 68.5 Å². The van der Waals surface area contributed by atoms with Crippen molar-refractivity contribution < 1.29 is 0 Å². The Hall–Kier alpha value is -1.87. The van der Waals surface area contributed by atoms with E-state index in [-0.39, 0.29) is 0 Å². The van der Waals surface area contributed by atoms with Gasteiger partial charge in [-0.3, -0.25) is 0 Å². The lowest BCUT2D eigenvalue weighted by atomic mass is 10.00. The molecular weight excluding hydrogens is 258 g/mol. The summed E-state index contributed by atoms with van der Waals surface area (Å²) in [6.45, 7) is 6.31. The second kappa shape index (κ2) is 7.23. The average molecular weight is 283 g/mol. The van der Waals surface area contributed by atoms with Crippen LogP contribution in [0, 0.1) is 13.8 Å². The smallest absolute Gasteiger partial charge is 0.126 e. The van der Waals surface area contributed by atoms with Gasteiger partial charge in [-0.15, -0.1) is 0 Å². The fourth-order valence-electron chi connectivity index (χ4n) is 2.50. The van der Waals surface area contributed by atoms with E-state index in [0.29, 0.717) is 0 Å². The van der Waals surface area contributed by atoms with Crippen molar-refractivity contribution in [2.24, 2.45) is 0 Å². The van der Waals surface area contributed by atoms with Crippen molar-refractivity contribution in [2.45, 2.75) is 20.3 Å². The number of benzene rings is 1. The van der Waals surface area contributed by atoms with E-state index in [1.807, 2.05) is 6.07 Å². The Kier molecular flexibility index (Phi) is 5.34. The van der Waals surface area contributed by atoms with E-state index in [9.17, 15) is 0 Å². The Morgan fingerprint density at radius 2 is 1.67 bits per heavy atom. The second-order valence-corrected chi connectivity index (χ2v) is 5.76. The molecule has 0 radical (unpaired) electrons. The van der Waals surface area contributed by atoms with Gasteiger partial charge in [0.05, 0.1) is 5.69 Å². The zero-order valence-corrected chi connectivity index (χ0v) is 13.5. The summed E-state index contributed by atoms with van der Waals surface area (Å²) in [5, 5.41) is 3.41. The number of anilines is 1. The number of aryl methyl sites for hydroxylation is 2. The maximum atomic E-state index is 4.76. The number of nitrogens with one attached hydrogen (secondary N) is 1. The lowest BCUT2D eigenvalue weighted by Crippen LogP contribution is -2.16. The third-order valence-electron chi connectivity index (χ3n) is 3.57. The van der Waals surface area contributed by atoms with Crippen molar-refractivity contribution in [3.8, 4) is 11.3 Å². The van der Waals surface area contributed by atoms with Gasteiger partial charge in [-0.25, -0.2) is 4.98 Å². The molecule has 1 aromatic carbocycles. The molecule has 0 saturated heterocycles. The van der Waals surface area contributed by atoms with E-state index < -0.39 is 0 Å². The summed E-state index contributed by atoms with van der Waals surface area (Å²) in [5.74, 6) is 0.953. The van der Waals surface area contributed by atoms with Crippen LogP contribution in [0.2, 0.25) is 0 Å². The molecule has 3 nitrogen and oxygen atoms in total. The standard InChI is InChI=1S/C18H25N3/c1-14-8-5-9-15(2)18(14)16-10-6-11-17(20-16)19-12-7-13-21(3)4/h5-6,8-11H,7,12-13H2,1-4H3,(H,19,20). The molecule has 112 valence electrons. The third kappa shape index (κ3) is 4.30. The maximum absolute atomic E-state index is 4.76. The number of rotatable bonds is 6. The first-order valence-electron chi connectivity index (χ1n) is 7.50. The Morgan fingerprint density at radius 1 is 1.00 bits per heavy atom. The van der Waals surface area contributed by atoms with Crippen molar-refractivity contribution in [2.75, 3.05) is 32.5 Å². The molecule has 0 bridgehead atoms. The number of pyridine rings is 1. The molecule has 0 unspecified atom stereocenters. The fourth-order valence-corrected chi connectivity index (χ4v) is 2.50. The second-order valence-electron chi connectivity index (χ2n) is 5.76. The molecule has 1 heterocycles. The van der Waals surface area contributed by atoms with Gasteiger partial charge >= 0.3 is 0 Å². The van der Waals surface area contributed by atoms with Crippen LogP contribution in [0.15, 0.2) is 36.4 Å². The maximum Gasteiger partial charge on any atom is 0.126 e. The Labute approximate surface area is 128 Å². The van der Waals surface area contributed by atoms with Gasteiger partial charge in [0, 0.05) is 12.1 Å². The first-order valence-corrected chi connectivity index (χ1v) is 7.50. The predicted molar refractivity (Wildman–Crippen MR) is 90.8 cm³/mol. The average Bonchev–Trinajstić information content (AvgIpc) is 2.44. The minimum absolute atomic E-state index is 0.946. The summed E-state index contributed by atoms with van der Waals surface area (Å²) in [4.78, 5) is 6.95. The van der Waals surface area contributed by atoms with Crippen LogP contribution in [-0.4, -0.2) is 37.1 Å². The molecule has 0 aliphatic carbocycles. The summed E-state index contributed by atoms with van der Waals surface area (Å²) in [6, 6.07) is 12.6. The van der Waals surface area contributed by atoms with Crippen LogP contribution in [-0.2, 0) is 0 Å². The highest BCUT2D eigenvalue weighted by Crippen LogP contribution is 2.26. The van der Waals surface area contributed by atoms with Gasteiger partial charge < -0.3 is 10.2 Å². The van der Waals surface area contributed by atoms with E-state index in [0.717, 1.165) is 31.0 Å². The molecule has 0 atom stereocenters. The van der Waals surface area contributed by atoms with Crippen molar-refractivity contribution in [3.05, 3.63) is 47.5 Å². The summed E-state index contributed by atoms with van der Waals surface area (Å²) in [7, 11) is 4.19. The molecule has 0 amide bonds. The van der Waals surface area contributed by atoms with Gasteiger partial charge in [0.25, 0.3) is 0 Å². The van der Waals surface area contributed by atoms with Crippen molar-refractivity contribution in [3.63, 3.8) is 0 Å². The first kappa shape index (κ1) is 15.5. The molecule has 1 aromatic heterocycles. The van der Waals surface area contributed by atoms with E-state index in [1.54, 1.807) is 0 Å². The zero-order chi connectivity index (χ0) is 15.2. The fraction of sp³-hybridized carbons (Fsp3) is 0.389. The highest BCUT2D eigenvalue weighted by Gasteiger charge is 2.07. The molecule has 3 heteroatoms. The summed E-state index contributed by atoms with van der Waals surface area (Å²) >= 11 is 0. The van der Waals surface area contributed by atoms with Gasteiger partial charge in [-0.05, 0) is 64.2 Å². The molecule has 0 fully saturated rings. The van der Waals surface area contributed by atoms with Crippen LogP contribution in [0.25, 0.3) is 11.3 Å². The normalized spacial score (nSPS) is 10.9. The number of hydrogen-bond donors (Lipinski definition) is 1. The van der Waals surface area contributed by atoms with Crippen LogP contribution < -0.4 is 5.32 Å². The number of nitrogens with zero attached hydrogens (tertiary/aromatic N) is 2. The minimum atomic E-state index is 0.946. The van der Waals surface area contributed by atoms with Gasteiger partial charge in [-0.2, -0.15) is 0 Å². The highest BCUT2D eigenvalue weighted by molar-refractivity contribution is 5.68.